The molecule has 1 fully saturated rings. The van der Waals surface area contributed by atoms with Crippen LogP contribution >= 0.6 is 23.2 Å². The first kappa shape index (κ1) is 15.6. The van der Waals surface area contributed by atoms with Crippen molar-refractivity contribution in [2.24, 2.45) is 0 Å². The molecule has 0 spiro atoms. The molecule has 116 valence electrons. The molecule has 2 aromatic rings. The van der Waals surface area contributed by atoms with Gasteiger partial charge in [-0.2, -0.15) is 15.0 Å². The Bertz CT molecular complexity index is 694. The fraction of sp³-hybridized carbons (Fsp3) is 0.308. The molecule has 0 radical (unpaired) electrons. The number of halogens is 2. The Morgan fingerprint density at radius 1 is 1.14 bits per heavy atom. The Morgan fingerprint density at radius 3 is 2.59 bits per heavy atom. The third kappa shape index (κ3) is 3.38. The molecule has 1 aromatic heterocycles. The van der Waals surface area contributed by atoms with E-state index in [1.807, 2.05) is 4.90 Å². The standard InChI is InChI=1S/C13H13Cl2N5OS/c14-8-1-2-10(15)9(7-8)11-17-12(16)19-13(18-11)20-3-5-22(21)6-4-20/h1-2,7H,3-6H2,(H2,16,17,18,19). The second-order valence-corrected chi connectivity index (χ2v) is 7.32. The van der Waals surface area contributed by atoms with E-state index >= 15 is 0 Å². The Hall–Kier alpha value is -1.28. The molecule has 1 aromatic carbocycles. The maximum Gasteiger partial charge on any atom is 0.231 e. The molecule has 0 amide bonds. The number of benzene rings is 1. The molecule has 6 nitrogen and oxygen atoms in total. The number of nitrogens with two attached hydrogens (primary N) is 1. The highest BCUT2D eigenvalue weighted by Crippen LogP contribution is 2.29. The van der Waals surface area contributed by atoms with Gasteiger partial charge in [0, 0.05) is 10.6 Å². The highest BCUT2D eigenvalue weighted by molar-refractivity contribution is 7.91. The number of hydrogen-bond donors (Lipinski definition) is 1. The van der Waals surface area contributed by atoms with Gasteiger partial charge in [-0.3, -0.25) is 0 Å². The lowest BCUT2D eigenvalue weighted by Crippen LogP contribution is -2.41. The van der Waals surface area contributed by atoms with Gasteiger partial charge in [0.2, 0.25) is 11.9 Å². The fourth-order valence-electron chi connectivity index (χ4n) is 2.15. The molecular formula is C13H13Cl2N5OS. The molecule has 9 heteroatoms. The predicted molar refractivity (Wildman–Crippen MR) is 89.8 cm³/mol. The topological polar surface area (TPSA) is 91.0 Å². The minimum atomic E-state index is -0.771. The van der Waals surface area contributed by atoms with Gasteiger partial charge < -0.3 is 15.2 Å². The van der Waals surface area contributed by atoms with E-state index in [4.69, 9.17) is 28.9 Å². The van der Waals surface area contributed by atoms with Crippen molar-refractivity contribution < 1.29 is 4.55 Å². The smallest absolute Gasteiger partial charge is 0.231 e. The van der Waals surface area contributed by atoms with Crippen molar-refractivity contribution in [2.75, 3.05) is 35.2 Å². The first-order valence-corrected chi connectivity index (χ1v) is 8.84. The van der Waals surface area contributed by atoms with Crippen LogP contribution in [0.1, 0.15) is 0 Å². The van der Waals surface area contributed by atoms with Crippen molar-refractivity contribution >= 4 is 46.3 Å². The number of anilines is 2. The molecule has 1 aliphatic heterocycles. The van der Waals surface area contributed by atoms with Gasteiger partial charge in [0.05, 0.1) is 18.1 Å². The third-order valence-electron chi connectivity index (χ3n) is 3.27. The first-order valence-electron chi connectivity index (χ1n) is 6.60. The van der Waals surface area contributed by atoms with Crippen molar-refractivity contribution in [1.82, 2.24) is 15.0 Å². The largest absolute Gasteiger partial charge is 0.616 e. The summed E-state index contributed by atoms with van der Waals surface area (Å²) in [5, 5.41) is 1.02. The second-order valence-electron chi connectivity index (χ2n) is 4.78. The summed E-state index contributed by atoms with van der Waals surface area (Å²) in [5.41, 5.74) is 6.40. The molecule has 1 aliphatic rings. The lowest BCUT2D eigenvalue weighted by atomic mass is 10.2. The Labute approximate surface area is 140 Å². The number of hydrogen-bond acceptors (Lipinski definition) is 6. The summed E-state index contributed by atoms with van der Waals surface area (Å²) in [4.78, 5) is 14.7. The van der Waals surface area contributed by atoms with Crippen molar-refractivity contribution in [3.63, 3.8) is 0 Å². The average molecular weight is 358 g/mol. The lowest BCUT2D eigenvalue weighted by Gasteiger charge is -2.28. The van der Waals surface area contributed by atoms with Crippen LogP contribution in [-0.4, -0.2) is 44.1 Å². The van der Waals surface area contributed by atoms with Crippen LogP contribution in [0.4, 0.5) is 11.9 Å². The van der Waals surface area contributed by atoms with Gasteiger partial charge in [0.1, 0.15) is 11.5 Å². The van der Waals surface area contributed by atoms with Crippen LogP contribution in [0.3, 0.4) is 0 Å². The van der Waals surface area contributed by atoms with Crippen LogP contribution in [0.2, 0.25) is 10.0 Å². The molecule has 2 heterocycles. The van der Waals surface area contributed by atoms with Gasteiger partial charge in [-0.1, -0.05) is 34.4 Å². The van der Waals surface area contributed by atoms with E-state index in [-0.39, 0.29) is 5.95 Å². The van der Waals surface area contributed by atoms with Crippen molar-refractivity contribution in [3.05, 3.63) is 28.2 Å². The molecule has 2 N–H and O–H groups in total. The first-order chi connectivity index (χ1) is 10.5. The minimum absolute atomic E-state index is 0.114. The number of rotatable bonds is 2. The van der Waals surface area contributed by atoms with Gasteiger partial charge in [0.15, 0.2) is 5.82 Å². The van der Waals surface area contributed by atoms with Crippen LogP contribution in [0.5, 0.6) is 0 Å². The monoisotopic (exact) mass is 357 g/mol. The van der Waals surface area contributed by atoms with Gasteiger partial charge >= 0.3 is 0 Å². The quantitative estimate of drug-likeness (QED) is 0.826. The average Bonchev–Trinajstić information content (AvgIpc) is 2.50. The fourth-order valence-corrected chi connectivity index (χ4v) is 3.58. The predicted octanol–water partition coefficient (Wildman–Crippen LogP) is 2.00. The van der Waals surface area contributed by atoms with E-state index in [1.165, 1.54) is 0 Å². The summed E-state index contributed by atoms with van der Waals surface area (Å²) in [7, 11) is 0. The van der Waals surface area contributed by atoms with E-state index in [0.29, 0.717) is 52.0 Å². The van der Waals surface area contributed by atoms with Crippen LogP contribution in [0.25, 0.3) is 11.4 Å². The number of nitrogen functional groups attached to an aromatic ring is 1. The SMILES string of the molecule is Nc1nc(-c2cc(Cl)ccc2Cl)nc(N2CC[S+]([O-])CC2)n1. The van der Waals surface area contributed by atoms with Gasteiger partial charge in [-0.25, -0.2) is 0 Å². The Balaban J connectivity index is 1.98. The zero-order valence-electron chi connectivity index (χ0n) is 11.5. The van der Waals surface area contributed by atoms with Crippen molar-refractivity contribution in [2.45, 2.75) is 0 Å². The minimum Gasteiger partial charge on any atom is -0.616 e. The van der Waals surface area contributed by atoms with E-state index in [1.54, 1.807) is 18.2 Å². The van der Waals surface area contributed by atoms with Gasteiger partial charge in [0.25, 0.3) is 0 Å². The lowest BCUT2D eigenvalue weighted by molar-refractivity contribution is 0.584. The summed E-state index contributed by atoms with van der Waals surface area (Å²) < 4.78 is 11.5. The summed E-state index contributed by atoms with van der Waals surface area (Å²) >= 11 is 11.4. The third-order valence-corrected chi connectivity index (χ3v) is 5.11. The molecule has 22 heavy (non-hydrogen) atoms. The van der Waals surface area contributed by atoms with Crippen LogP contribution < -0.4 is 10.6 Å². The maximum atomic E-state index is 11.5. The van der Waals surface area contributed by atoms with Crippen molar-refractivity contribution in [3.8, 4) is 11.4 Å². The normalized spacial score (nSPS) is 16.0. The van der Waals surface area contributed by atoms with Crippen molar-refractivity contribution in [1.29, 1.82) is 0 Å². The van der Waals surface area contributed by atoms with E-state index < -0.39 is 11.2 Å². The van der Waals surface area contributed by atoms with E-state index in [0.717, 1.165) is 0 Å². The van der Waals surface area contributed by atoms with Crippen LogP contribution in [0, 0.1) is 0 Å². The van der Waals surface area contributed by atoms with Gasteiger partial charge in [-0.05, 0) is 18.2 Å². The maximum absolute atomic E-state index is 11.5. The summed E-state index contributed by atoms with van der Waals surface area (Å²) in [6, 6.07) is 5.06. The van der Waals surface area contributed by atoms with E-state index in [2.05, 4.69) is 15.0 Å². The van der Waals surface area contributed by atoms with Crippen LogP contribution in [0.15, 0.2) is 18.2 Å². The molecule has 0 atom stereocenters. The molecule has 0 saturated carbocycles. The molecule has 0 unspecified atom stereocenters. The van der Waals surface area contributed by atoms with Gasteiger partial charge in [-0.15, -0.1) is 0 Å². The molecule has 0 aliphatic carbocycles. The molecule has 0 bridgehead atoms. The highest BCUT2D eigenvalue weighted by atomic mass is 35.5. The zero-order chi connectivity index (χ0) is 15.7. The van der Waals surface area contributed by atoms with E-state index in [9.17, 15) is 4.55 Å². The summed E-state index contributed by atoms with van der Waals surface area (Å²) in [6.07, 6.45) is 0. The zero-order valence-corrected chi connectivity index (χ0v) is 13.8. The van der Waals surface area contributed by atoms with Crippen LogP contribution in [-0.2, 0) is 11.2 Å². The summed E-state index contributed by atoms with van der Waals surface area (Å²) in [6.45, 7) is 1.25. The molecule has 1 saturated heterocycles. The second kappa shape index (κ2) is 6.45. The highest BCUT2D eigenvalue weighted by Gasteiger charge is 2.23. The molecule has 3 rings (SSSR count). The number of nitrogens with zero attached hydrogens (tertiary/aromatic N) is 4. The molecular weight excluding hydrogens is 345 g/mol. The number of aromatic nitrogens is 3. The Morgan fingerprint density at radius 2 is 1.86 bits per heavy atom. The summed E-state index contributed by atoms with van der Waals surface area (Å²) in [5.74, 6) is 2.15. The Kier molecular flexibility index (Phi) is 4.58.